The van der Waals surface area contributed by atoms with Crippen molar-refractivity contribution >= 4 is 12.0 Å². The fourth-order valence-electron chi connectivity index (χ4n) is 1.86. The first kappa shape index (κ1) is 12.4. The van der Waals surface area contributed by atoms with Gasteiger partial charge in [-0.05, 0) is 12.3 Å². The maximum Gasteiger partial charge on any atom is 0.272 e. The summed E-state index contributed by atoms with van der Waals surface area (Å²) in [7, 11) is 0. The zero-order valence-corrected chi connectivity index (χ0v) is 9.26. The minimum absolute atomic E-state index is 0.0379. The average molecular weight is 221 g/mol. The second-order valence-corrected chi connectivity index (χ2v) is 3.70. The van der Waals surface area contributed by atoms with Crippen LogP contribution in [-0.2, 0) is 4.79 Å². The van der Waals surface area contributed by atoms with E-state index in [2.05, 4.69) is 0 Å². The van der Waals surface area contributed by atoms with Crippen molar-refractivity contribution < 1.29 is 9.72 Å². The quantitative estimate of drug-likeness (QED) is 0.421. The predicted molar refractivity (Wildman–Crippen MR) is 61.4 cm³/mol. The lowest BCUT2D eigenvalue weighted by molar-refractivity contribution is -0.385. The van der Waals surface area contributed by atoms with E-state index in [0.717, 1.165) is 19.1 Å². The van der Waals surface area contributed by atoms with Crippen LogP contribution in [0, 0.1) is 10.1 Å². The molecule has 0 saturated carbocycles. The third-order valence-electron chi connectivity index (χ3n) is 2.59. The highest BCUT2D eigenvalue weighted by Crippen LogP contribution is 2.31. The number of rotatable bonds is 6. The minimum atomic E-state index is -0.386. The molecule has 0 heterocycles. The molecule has 0 saturated heterocycles. The van der Waals surface area contributed by atoms with E-state index in [1.807, 2.05) is 6.92 Å². The zero-order chi connectivity index (χ0) is 12.0. The van der Waals surface area contributed by atoms with Crippen LogP contribution in [0.15, 0.2) is 24.3 Å². The molecule has 0 aliphatic carbocycles. The number of carbonyl (C=O) groups excluding carboxylic acids is 1. The Morgan fingerprint density at radius 3 is 2.69 bits per heavy atom. The van der Waals surface area contributed by atoms with Crippen LogP contribution in [0.1, 0.15) is 37.7 Å². The van der Waals surface area contributed by atoms with Gasteiger partial charge in [0.25, 0.3) is 5.69 Å². The molecule has 16 heavy (non-hydrogen) atoms. The number of hydrogen-bond acceptors (Lipinski definition) is 3. The number of benzene rings is 1. The molecule has 0 spiro atoms. The van der Waals surface area contributed by atoms with Crippen LogP contribution in [0.4, 0.5) is 5.69 Å². The van der Waals surface area contributed by atoms with E-state index in [4.69, 9.17) is 0 Å². The van der Waals surface area contributed by atoms with Crippen LogP contribution in [0.2, 0.25) is 0 Å². The normalized spacial score (nSPS) is 12.1. The molecule has 4 heteroatoms. The van der Waals surface area contributed by atoms with E-state index >= 15 is 0 Å². The van der Waals surface area contributed by atoms with Crippen LogP contribution in [-0.4, -0.2) is 11.2 Å². The Morgan fingerprint density at radius 2 is 2.12 bits per heavy atom. The summed E-state index contributed by atoms with van der Waals surface area (Å²) in [6, 6.07) is 6.64. The smallest absolute Gasteiger partial charge is 0.272 e. The lowest BCUT2D eigenvalue weighted by Gasteiger charge is -2.13. The summed E-state index contributed by atoms with van der Waals surface area (Å²) < 4.78 is 0. The second-order valence-electron chi connectivity index (χ2n) is 3.70. The largest absolute Gasteiger partial charge is 0.303 e. The van der Waals surface area contributed by atoms with Gasteiger partial charge in [-0.1, -0.05) is 31.5 Å². The summed E-state index contributed by atoms with van der Waals surface area (Å²) in [6.07, 6.45) is 2.88. The molecule has 1 unspecified atom stereocenters. The Balaban J connectivity index is 3.06. The summed E-state index contributed by atoms with van der Waals surface area (Å²) in [5.41, 5.74) is 0.782. The predicted octanol–water partition coefficient (Wildman–Crippen LogP) is 3.07. The van der Waals surface area contributed by atoms with E-state index < -0.39 is 0 Å². The molecule has 1 aromatic carbocycles. The van der Waals surface area contributed by atoms with Gasteiger partial charge >= 0.3 is 0 Å². The SMILES string of the molecule is CCCC(CC=O)c1ccccc1[N+](=O)[O-]. The molecule has 4 nitrogen and oxygen atoms in total. The molecule has 0 bridgehead atoms. The Hall–Kier alpha value is -1.71. The summed E-state index contributed by atoms with van der Waals surface area (Å²) >= 11 is 0. The third kappa shape index (κ3) is 2.89. The standard InChI is InChI=1S/C12H15NO3/c1-2-5-10(8-9-14)11-6-3-4-7-12(11)13(15)16/h3-4,6-7,9-10H,2,5,8H2,1H3. The fraction of sp³-hybridized carbons (Fsp3) is 0.417. The molecule has 0 aliphatic heterocycles. The number of para-hydroxylation sites is 1. The molecule has 0 radical (unpaired) electrons. The van der Waals surface area contributed by atoms with Crippen molar-refractivity contribution in [3.63, 3.8) is 0 Å². The lowest BCUT2D eigenvalue weighted by atomic mass is 9.91. The van der Waals surface area contributed by atoms with Crippen LogP contribution in [0.5, 0.6) is 0 Å². The number of carbonyl (C=O) groups is 1. The monoisotopic (exact) mass is 221 g/mol. The number of nitrogens with zero attached hydrogens (tertiary/aromatic N) is 1. The lowest BCUT2D eigenvalue weighted by Crippen LogP contribution is -2.03. The van der Waals surface area contributed by atoms with Gasteiger partial charge in [-0.25, -0.2) is 0 Å². The second kappa shape index (κ2) is 6.00. The number of nitro benzene ring substituents is 1. The van der Waals surface area contributed by atoms with Crippen LogP contribution >= 0.6 is 0 Å². The maximum absolute atomic E-state index is 10.9. The van der Waals surface area contributed by atoms with Gasteiger partial charge < -0.3 is 4.79 Å². The Labute approximate surface area is 94.4 Å². The van der Waals surface area contributed by atoms with Crippen LogP contribution in [0.25, 0.3) is 0 Å². The van der Waals surface area contributed by atoms with E-state index in [1.165, 1.54) is 6.07 Å². The van der Waals surface area contributed by atoms with E-state index in [-0.39, 0.29) is 16.5 Å². The number of nitro groups is 1. The molecular weight excluding hydrogens is 206 g/mol. The van der Waals surface area contributed by atoms with Crippen molar-refractivity contribution in [2.75, 3.05) is 0 Å². The number of aldehydes is 1. The van der Waals surface area contributed by atoms with Gasteiger partial charge in [0, 0.05) is 18.1 Å². The first-order valence-corrected chi connectivity index (χ1v) is 5.37. The highest BCUT2D eigenvalue weighted by atomic mass is 16.6. The Kier molecular flexibility index (Phi) is 4.64. The molecule has 0 aliphatic rings. The Morgan fingerprint density at radius 1 is 1.44 bits per heavy atom. The molecule has 86 valence electrons. The molecule has 1 aromatic rings. The van der Waals surface area contributed by atoms with Crippen LogP contribution < -0.4 is 0 Å². The van der Waals surface area contributed by atoms with Crippen molar-refractivity contribution in [2.45, 2.75) is 32.1 Å². The molecule has 0 amide bonds. The summed E-state index contributed by atoms with van der Waals surface area (Å²) in [6.45, 7) is 2.01. The first-order valence-electron chi connectivity index (χ1n) is 5.37. The third-order valence-corrected chi connectivity index (χ3v) is 2.59. The highest BCUT2D eigenvalue weighted by molar-refractivity contribution is 5.54. The molecule has 1 rings (SSSR count). The number of hydrogen-bond donors (Lipinski definition) is 0. The zero-order valence-electron chi connectivity index (χ0n) is 9.26. The van der Waals surface area contributed by atoms with Gasteiger partial charge in [0.2, 0.25) is 0 Å². The molecule has 0 N–H and O–H groups in total. The highest BCUT2D eigenvalue weighted by Gasteiger charge is 2.20. The molecule has 0 fully saturated rings. The van der Waals surface area contributed by atoms with Crippen molar-refractivity contribution in [3.8, 4) is 0 Å². The van der Waals surface area contributed by atoms with Gasteiger partial charge in [0.15, 0.2) is 0 Å². The molecular formula is C12H15NO3. The van der Waals surface area contributed by atoms with Gasteiger partial charge in [-0.15, -0.1) is 0 Å². The van der Waals surface area contributed by atoms with Gasteiger partial charge in [0.1, 0.15) is 6.29 Å². The maximum atomic E-state index is 10.9. The first-order chi connectivity index (χ1) is 7.70. The van der Waals surface area contributed by atoms with Gasteiger partial charge in [-0.3, -0.25) is 10.1 Å². The van der Waals surface area contributed by atoms with E-state index in [1.54, 1.807) is 18.2 Å². The average Bonchev–Trinajstić information content (AvgIpc) is 2.29. The van der Waals surface area contributed by atoms with E-state index in [9.17, 15) is 14.9 Å². The summed E-state index contributed by atoms with van der Waals surface area (Å²) in [5, 5.41) is 10.9. The van der Waals surface area contributed by atoms with Crippen molar-refractivity contribution in [2.24, 2.45) is 0 Å². The van der Waals surface area contributed by atoms with Crippen molar-refractivity contribution in [1.29, 1.82) is 0 Å². The molecule has 1 atom stereocenters. The van der Waals surface area contributed by atoms with Crippen LogP contribution in [0.3, 0.4) is 0 Å². The van der Waals surface area contributed by atoms with Crippen molar-refractivity contribution in [3.05, 3.63) is 39.9 Å². The minimum Gasteiger partial charge on any atom is -0.303 e. The van der Waals surface area contributed by atoms with Gasteiger partial charge in [0.05, 0.1) is 4.92 Å². The summed E-state index contributed by atoms with van der Waals surface area (Å²) in [5.74, 6) is -0.0379. The van der Waals surface area contributed by atoms with Crippen molar-refractivity contribution in [1.82, 2.24) is 0 Å². The van der Waals surface area contributed by atoms with Gasteiger partial charge in [-0.2, -0.15) is 0 Å². The summed E-state index contributed by atoms with van der Waals surface area (Å²) in [4.78, 5) is 21.0. The topological polar surface area (TPSA) is 60.2 Å². The molecule has 0 aromatic heterocycles. The Bertz CT molecular complexity index is 376. The fourth-order valence-corrected chi connectivity index (χ4v) is 1.86. The van der Waals surface area contributed by atoms with E-state index in [0.29, 0.717) is 12.0 Å².